The predicted molar refractivity (Wildman–Crippen MR) is 145 cm³/mol. The van der Waals surface area contributed by atoms with Gasteiger partial charge in [-0.3, -0.25) is 4.99 Å². The van der Waals surface area contributed by atoms with Gasteiger partial charge in [-0.2, -0.15) is 0 Å². The van der Waals surface area contributed by atoms with Gasteiger partial charge in [-0.05, 0) is 49.7 Å². The molecule has 0 radical (unpaired) electrons. The van der Waals surface area contributed by atoms with Crippen LogP contribution < -0.4 is 11.1 Å². The maximum absolute atomic E-state index is 6.73. The van der Waals surface area contributed by atoms with Gasteiger partial charge in [0, 0.05) is 22.8 Å². The minimum absolute atomic E-state index is 0.171. The molecule has 1 heterocycles. The Morgan fingerprint density at radius 2 is 1.50 bits per heavy atom. The summed E-state index contributed by atoms with van der Waals surface area (Å²) in [5, 5.41) is 4.10. The maximum Gasteiger partial charge on any atom is 0.227 e. The number of rotatable bonds is 8. The van der Waals surface area contributed by atoms with E-state index in [1.807, 2.05) is 91.9 Å². The molecular weight excluding hydrogens is 438 g/mol. The molecule has 3 N–H and O–H groups in total. The number of hydrogen-bond acceptors (Lipinski definition) is 6. The molecule has 0 aliphatic heterocycles. The van der Waals surface area contributed by atoms with E-state index in [0.717, 1.165) is 28.4 Å². The van der Waals surface area contributed by atoms with Crippen LogP contribution in [-0.2, 0) is 0 Å². The van der Waals surface area contributed by atoms with E-state index in [9.17, 15) is 0 Å². The topological polar surface area (TPSA) is 76.2 Å². The standard InChI is InChI=1S/C28H27N5S/c1-20(31-23-14-8-4-9-15-23)26(27(29)34-21(2)22-12-6-3-7-13-22)25-18-19-30-28(33-25)32-24-16-10-5-11-17-24/h3-19,21H,29H2,1-2H3,(H,30,32,33). The molecule has 0 aliphatic carbocycles. The lowest BCUT2D eigenvalue weighted by atomic mass is 10.1. The maximum atomic E-state index is 6.73. The highest BCUT2D eigenvalue weighted by Gasteiger charge is 2.17. The highest BCUT2D eigenvalue weighted by atomic mass is 32.2. The van der Waals surface area contributed by atoms with Crippen LogP contribution in [0.5, 0.6) is 0 Å². The van der Waals surface area contributed by atoms with E-state index in [2.05, 4.69) is 29.4 Å². The fourth-order valence-corrected chi connectivity index (χ4v) is 4.54. The molecule has 0 saturated heterocycles. The first-order valence-corrected chi connectivity index (χ1v) is 12.0. The summed E-state index contributed by atoms with van der Waals surface area (Å²) < 4.78 is 0. The smallest absolute Gasteiger partial charge is 0.227 e. The highest BCUT2D eigenvalue weighted by molar-refractivity contribution is 8.03. The molecular formula is C28H27N5S. The second-order valence-corrected chi connectivity index (χ2v) is 9.08. The van der Waals surface area contributed by atoms with Crippen LogP contribution in [0.2, 0.25) is 0 Å². The molecule has 0 fully saturated rings. The van der Waals surface area contributed by atoms with Crippen molar-refractivity contribution in [2.45, 2.75) is 19.1 Å². The normalized spacial score (nSPS) is 13.2. The summed E-state index contributed by atoms with van der Waals surface area (Å²) in [5.41, 5.74) is 12.0. The number of benzene rings is 3. The van der Waals surface area contributed by atoms with E-state index in [0.29, 0.717) is 11.0 Å². The van der Waals surface area contributed by atoms with Crippen LogP contribution in [0.4, 0.5) is 17.3 Å². The largest absolute Gasteiger partial charge is 0.393 e. The third-order valence-electron chi connectivity index (χ3n) is 5.18. The number of nitrogens with one attached hydrogen (secondary N) is 1. The summed E-state index contributed by atoms with van der Waals surface area (Å²) in [6.45, 7) is 4.12. The molecule has 1 unspecified atom stereocenters. The van der Waals surface area contributed by atoms with E-state index in [4.69, 9.17) is 15.7 Å². The molecule has 6 heteroatoms. The van der Waals surface area contributed by atoms with Gasteiger partial charge >= 0.3 is 0 Å². The Morgan fingerprint density at radius 1 is 0.882 bits per heavy atom. The van der Waals surface area contributed by atoms with Crippen molar-refractivity contribution in [3.63, 3.8) is 0 Å². The second-order valence-electron chi connectivity index (χ2n) is 7.70. The molecule has 5 nitrogen and oxygen atoms in total. The van der Waals surface area contributed by atoms with Crippen LogP contribution >= 0.6 is 11.8 Å². The number of anilines is 2. The molecule has 3 aromatic carbocycles. The van der Waals surface area contributed by atoms with Crippen molar-refractivity contribution in [1.82, 2.24) is 9.97 Å². The number of thioether (sulfide) groups is 1. The Balaban J connectivity index is 1.72. The number of hydrogen-bond donors (Lipinski definition) is 2. The number of para-hydroxylation sites is 2. The van der Waals surface area contributed by atoms with E-state index in [1.54, 1.807) is 18.0 Å². The first kappa shape index (κ1) is 23.3. The zero-order valence-corrected chi connectivity index (χ0v) is 20.0. The third-order valence-corrected chi connectivity index (χ3v) is 6.26. The Kier molecular flexibility index (Phi) is 7.73. The van der Waals surface area contributed by atoms with E-state index >= 15 is 0 Å². The molecule has 0 aliphatic rings. The Labute approximate surface area is 204 Å². The molecule has 1 atom stereocenters. The van der Waals surface area contributed by atoms with E-state index in [1.165, 1.54) is 5.56 Å². The van der Waals surface area contributed by atoms with Crippen LogP contribution in [0.15, 0.2) is 113 Å². The number of aliphatic imine (C=N–C) groups is 1. The van der Waals surface area contributed by atoms with Crippen molar-refractivity contribution in [3.05, 3.63) is 120 Å². The first-order chi connectivity index (χ1) is 16.6. The van der Waals surface area contributed by atoms with Crippen LogP contribution in [0, 0.1) is 0 Å². The summed E-state index contributed by atoms with van der Waals surface area (Å²) in [7, 11) is 0. The summed E-state index contributed by atoms with van der Waals surface area (Å²) >= 11 is 1.60. The van der Waals surface area contributed by atoms with Crippen LogP contribution in [0.1, 0.15) is 30.4 Å². The SMILES string of the molecule is CC(=Nc1ccccc1)C(=C(N)SC(C)c1ccccc1)c1ccnc(Nc2ccccc2)n1. The Morgan fingerprint density at radius 3 is 2.18 bits per heavy atom. The summed E-state index contributed by atoms with van der Waals surface area (Å²) in [6.07, 6.45) is 1.74. The monoisotopic (exact) mass is 465 g/mol. The lowest BCUT2D eigenvalue weighted by Crippen LogP contribution is -2.10. The van der Waals surface area contributed by atoms with Gasteiger partial charge in [0.15, 0.2) is 0 Å². The van der Waals surface area contributed by atoms with Crippen LogP contribution in [-0.4, -0.2) is 15.7 Å². The minimum atomic E-state index is 0.171. The van der Waals surface area contributed by atoms with Gasteiger partial charge in [-0.25, -0.2) is 9.97 Å². The van der Waals surface area contributed by atoms with E-state index in [-0.39, 0.29) is 5.25 Å². The van der Waals surface area contributed by atoms with Gasteiger partial charge in [0.1, 0.15) is 0 Å². The fourth-order valence-electron chi connectivity index (χ4n) is 3.49. The zero-order chi connectivity index (χ0) is 23.8. The Bertz CT molecular complexity index is 1270. The molecule has 0 amide bonds. The number of allylic oxidation sites excluding steroid dienone is 1. The van der Waals surface area contributed by atoms with Gasteiger partial charge in [0.2, 0.25) is 5.95 Å². The van der Waals surface area contributed by atoms with Crippen LogP contribution in [0.25, 0.3) is 5.57 Å². The van der Waals surface area contributed by atoms with Crippen molar-refractivity contribution in [2.75, 3.05) is 5.32 Å². The molecule has 0 bridgehead atoms. The number of nitrogens with two attached hydrogens (primary N) is 1. The van der Waals surface area contributed by atoms with Crippen molar-refractivity contribution in [1.29, 1.82) is 0 Å². The summed E-state index contributed by atoms with van der Waals surface area (Å²) in [6, 6.07) is 31.9. The zero-order valence-electron chi connectivity index (χ0n) is 19.2. The Hall–Kier alpha value is -3.90. The van der Waals surface area contributed by atoms with Crippen molar-refractivity contribution in [2.24, 2.45) is 10.7 Å². The first-order valence-electron chi connectivity index (χ1n) is 11.1. The minimum Gasteiger partial charge on any atom is -0.393 e. The molecule has 0 spiro atoms. The van der Waals surface area contributed by atoms with Crippen molar-refractivity contribution < 1.29 is 0 Å². The molecule has 0 saturated carbocycles. The summed E-state index contributed by atoms with van der Waals surface area (Å²) in [5.74, 6) is 0.502. The van der Waals surface area contributed by atoms with Gasteiger partial charge in [-0.15, -0.1) is 11.8 Å². The lowest BCUT2D eigenvalue weighted by Gasteiger charge is -2.16. The molecule has 170 valence electrons. The highest BCUT2D eigenvalue weighted by Crippen LogP contribution is 2.36. The molecule has 34 heavy (non-hydrogen) atoms. The average molecular weight is 466 g/mol. The van der Waals surface area contributed by atoms with E-state index < -0.39 is 0 Å². The fraction of sp³-hybridized carbons (Fsp3) is 0.107. The number of nitrogens with zero attached hydrogens (tertiary/aromatic N) is 3. The van der Waals surface area contributed by atoms with Gasteiger partial charge in [-0.1, -0.05) is 66.7 Å². The van der Waals surface area contributed by atoms with Crippen molar-refractivity contribution >= 4 is 40.4 Å². The lowest BCUT2D eigenvalue weighted by molar-refractivity contribution is 1.10. The van der Waals surface area contributed by atoms with Crippen molar-refractivity contribution in [3.8, 4) is 0 Å². The number of aromatic nitrogens is 2. The second kappa shape index (κ2) is 11.3. The molecule has 4 aromatic rings. The quantitative estimate of drug-likeness (QED) is 0.271. The summed E-state index contributed by atoms with van der Waals surface area (Å²) in [4.78, 5) is 14.0. The predicted octanol–water partition coefficient (Wildman–Crippen LogP) is 7.13. The average Bonchev–Trinajstić information content (AvgIpc) is 2.86. The third kappa shape index (κ3) is 6.11. The molecule has 4 rings (SSSR count). The van der Waals surface area contributed by atoms with Gasteiger partial charge in [0.05, 0.1) is 22.0 Å². The van der Waals surface area contributed by atoms with Gasteiger partial charge in [0.25, 0.3) is 0 Å². The van der Waals surface area contributed by atoms with Gasteiger partial charge < -0.3 is 11.1 Å². The molecule has 1 aromatic heterocycles. The van der Waals surface area contributed by atoms with Crippen LogP contribution in [0.3, 0.4) is 0 Å².